The number of amides is 4. The summed E-state index contributed by atoms with van der Waals surface area (Å²) in [5.74, 6) is -2.46. The van der Waals surface area contributed by atoms with Crippen LogP contribution in [0.1, 0.15) is 36.0 Å². The van der Waals surface area contributed by atoms with E-state index in [1.54, 1.807) is 30.5 Å². The van der Waals surface area contributed by atoms with Crippen molar-refractivity contribution < 1.29 is 19.2 Å². The molecule has 1 saturated heterocycles. The highest BCUT2D eigenvalue weighted by atomic mass is 35.5. The second-order valence-electron chi connectivity index (χ2n) is 9.84. The number of fused-ring (bicyclic) bond motifs is 1. The van der Waals surface area contributed by atoms with Gasteiger partial charge in [0.05, 0.1) is 11.6 Å². The van der Waals surface area contributed by atoms with Crippen LogP contribution in [0, 0.1) is 11.3 Å². The lowest BCUT2D eigenvalue weighted by Gasteiger charge is -2.37. The molecule has 3 atom stereocenters. The van der Waals surface area contributed by atoms with Crippen LogP contribution in [0.5, 0.6) is 0 Å². The molecule has 0 unspecified atom stereocenters. The lowest BCUT2D eigenvalue weighted by Crippen LogP contribution is -2.60. The Labute approximate surface area is 236 Å². The van der Waals surface area contributed by atoms with Gasteiger partial charge in [-0.3, -0.25) is 19.2 Å². The van der Waals surface area contributed by atoms with Crippen molar-refractivity contribution in [2.75, 3.05) is 12.4 Å². The summed E-state index contributed by atoms with van der Waals surface area (Å²) in [6.45, 7) is 0.312. The molecule has 10 nitrogen and oxygen atoms in total. The number of nitrogens with one attached hydrogen (secondary N) is 3. The maximum Gasteiger partial charge on any atom is 0.246 e. The summed E-state index contributed by atoms with van der Waals surface area (Å²) in [4.78, 5) is 56.4. The average Bonchev–Trinajstić information content (AvgIpc) is 3.38. The number of aromatic amines is 1. The second-order valence-corrected chi connectivity index (χ2v) is 10.1. The molecule has 5 N–H and O–H groups in total. The molecular formula is C29H31ClN6O4. The van der Waals surface area contributed by atoms with Crippen LogP contribution in [-0.2, 0) is 32.0 Å². The Kier molecular flexibility index (Phi) is 9.40. The number of H-pyrrole nitrogens is 1. The number of carbonyl (C=O) groups is 4. The molecule has 0 bridgehead atoms. The van der Waals surface area contributed by atoms with E-state index in [1.807, 2.05) is 24.3 Å². The number of rotatable bonds is 10. The maximum atomic E-state index is 13.8. The van der Waals surface area contributed by atoms with Gasteiger partial charge >= 0.3 is 0 Å². The number of nitriles is 1. The Morgan fingerprint density at radius 2 is 1.88 bits per heavy atom. The number of aromatic nitrogens is 1. The Balaban J connectivity index is 1.52. The van der Waals surface area contributed by atoms with E-state index in [4.69, 9.17) is 17.3 Å². The van der Waals surface area contributed by atoms with Gasteiger partial charge in [0.15, 0.2) is 0 Å². The third-order valence-corrected chi connectivity index (χ3v) is 7.34. The zero-order valence-corrected chi connectivity index (χ0v) is 22.6. The molecule has 11 heteroatoms. The smallest absolute Gasteiger partial charge is 0.246 e. The molecule has 208 valence electrons. The van der Waals surface area contributed by atoms with Crippen molar-refractivity contribution in [3.63, 3.8) is 0 Å². The van der Waals surface area contributed by atoms with Crippen molar-refractivity contribution in [2.45, 2.75) is 50.2 Å². The number of hydrogen-bond donors (Lipinski definition) is 4. The van der Waals surface area contributed by atoms with E-state index in [-0.39, 0.29) is 18.7 Å². The largest absolute Gasteiger partial charge is 0.368 e. The summed E-state index contributed by atoms with van der Waals surface area (Å²) in [6, 6.07) is 13.6. The van der Waals surface area contributed by atoms with Gasteiger partial charge in [0.1, 0.15) is 24.0 Å². The highest BCUT2D eigenvalue weighted by Gasteiger charge is 2.37. The van der Waals surface area contributed by atoms with Crippen LogP contribution in [0.15, 0.2) is 54.7 Å². The minimum Gasteiger partial charge on any atom is -0.368 e. The summed E-state index contributed by atoms with van der Waals surface area (Å²) in [5, 5.41) is 15.6. The third kappa shape index (κ3) is 6.79. The second kappa shape index (κ2) is 13.1. The van der Waals surface area contributed by atoms with Gasteiger partial charge in [-0.1, -0.05) is 30.3 Å². The van der Waals surface area contributed by atoms with E-state index in [0.29, 0.717) is 36.9 Å². The van der Waals surface area contributed by atoms with Gasteiger partial charge in [0.2, 0.25) is 23.6 Å². The number of nitrogens with two attached hydrogens (primary N) is 1. The Hall–Kier alpha value is -4.36. The summed E-state index contributed by atoms with van der Waals surface area (Å²) >= 11 is 5.71. The van der Waals surface area contributed by atoms with E-state index in [9.17, 15) is 24.4 Å². The Morgan fingerprint density at radius 1 is 1.07 bits per heavy atom. The molecule has 40 heavy (non-hydrogen) atoms. The minimum absolute atomic E-state index is 0.117. The predicted molar refractivity (Wildman–Crippen MR) is 150 cm³/mol. The molecule has 0 spiro atoms. The van der Waals surface area contributed by atoms with Gasteiger partial charge < -0.3 is 26.3 Å². The predicted octanol–water partition coefficient (Wildman–Crippen LogP) is 1.90. The standard InChI is InChI=1S/C29H31ClN6O4/c30-15-26(37)34-24(13-18-6-5-7-19(12-18)16-31)29(40)36-11-4-3-10-25(36)28(39)35-23(27(32)38)14-20-17-33-22-9-2-1-8-21(20)22/h1-2,5-9,12,17,23-25,33H,3-4,10-11,13-15H2,(H2,32,38)(H,34,37)(H,35,39)/t23-,24-,25-/m0/s1. The molecule has 1 fully saturated rings. The Morgan fingerprint density at radius 3 is 2.62 bits per heavy atom. The molecule has 1 aliphatic rings. The SMILES string of the molecule is N#Cc1cccc(C[C@H](NC(=O)CCl)C(=O)N2CCCC[C@H]2C(=O)N[C@@H](Cc2c[nH]c3ccccc23)C(N)=O)c1. The van der Waals surface area contributed by atoms with Crippen LogP contribution < -0.4 is 16.4 Å². The van der Waals surface area contributed by atoms with Crippen molar-refractivity contribution in [1.82, 2.24) is 20.5 Å². The number of piperidine rings is 1. The first-order valence-electron chi connectivity index (χ1n) is 13.1. The molecule has 3 aromatic rings. The number of alkyl halides is 1. The normalized spacial score (nSPS) is 16.5. The summed E-state index contributed by atoms with van der Waals surface area (Å²) in [5.41, 5.74) is 8.51. The van der Waals surface area contributed by atoms with Crippen molar-refractivity contribution in [3.05, 3.63) is 71.4 Å². The zero-order valence-electron chi connectivity index (χ0n) is 21.9. The van der Waals surface area contributed by atoms with Crippen molar-refractivity contribution >= 4 is 46.1 Å². The van der Waals surface area contributed by atoms with Gasteiger partial charge in [0, 0.05) is 36.5 Å². The Bertz CT molecular complexity index is 1450. The highest BCUT2D eigenvalue weighted by Crippen LogP contribution is 2.22. The molecular weight excluding hydrogens is 532 g/mol. The molecule has 0 radical (unpaired) electrons. The van der Waals surface area contributed by atoms with E-state index in [2.05, 4.69) is 21.7 Å². The summed E-state index contributed by atoms with van der Waals surface area (Å²) < 4.78 is 0. The first-order chi connectivity index (χ1) is 19.3. The van der Waals surface area contributed by atoms with E-state index in [0.717, 1.165) is 16.5 Å². The average molecular weight is 563 g/mol. The van der Waals surface area contributed by atoms with Crippen molar-refractivity contribution in [1.29, 1.82) is 5.26 Å². The first-order valence-corrected chi connectivity index (χ1v) is 13.6. The fourth-order valence-electron chi connectivity index (χ4n) is 5.12. The molecule has 1 aliphatic heterocycles. The van der Waals surface area contributed by atoms with Crippen LogP contribution in [0.4, 0.5) is 0 Å². The fourth-order valence-corrected chi connectivity index (χ4v) is 5.19. The third-order valence-electron chi connectivity index (χ3n) is 7.10. The van der Waals surface area contributed by atoms with Gasteiger partial charge in [-0.2, -0.15) is 5.26 Å². The number of benzene rings is 2. The lowest BCUT2D eigenvalue weighted by atomic mass is 9.97. The number of carbonyl (C=O) groups excluding carboxylic acids is 4. The molecule has 0 saturated carbocycles. The van der Waals surface area contributed by atoms with E-state index in [1.165, 1.54) is 4.90 Å². The number of halogens is 1. The molecule has 1 aromatic heterocycles. The lowest BCUT2D eigenvalue weighted by molar-refractivity contribution is -0.145. The van der Waals surface area contributed by atoms with Gasteiger partial charge in [-0.05, 0) is 48.6 Å². The van der Waals surface area contributed by atoms with Crippen molar-refractivity contribution in [3.8, 4) is 6.07 Å². The summed E-state index contributed by atoms with van der Waals surface area (Å²) in [7, 11) is 0. The number of primary amides is 1. The van der Waals surface area contributed by atoms with E-state index >= 15 is 0 Å². The number of likely N-dealkylation sites (tertiary alicyclic amines) is 1. The maximum absolute atomic E-state index is 13.8. The monoisotopic (exact) mass is 562 g/mol. The number of hydrogen-bond acceptors (Lipinski definition) is 5. The molecule has 4 rings (SSSR count). The van der Waals surface area contributed by atoms with Crippen LogP contribution in [-0.4, -0.2) is 64.1 Å². The topological polar surface area (TPSA) is 161 Å². The molecule has 4 amide bonds. The van der Waals surface area contributed by atoms with Gasteiger partial charge in [-0.25, -0.2) is 0 Å². The fraction of sp³-hybridized carbons (Fsp3) is 0.345. The zero-order chi connectivity index (χ0) is 28.6. The first kappa shape index (κ1) is 28.6. The highest BCUT2D eigenvalue weighted by molar-refractivity contribution is 6.27. The van der Waals surface area contributed by atoms with Crippen LogP contribution >= 0.6 is 11.6 Å². The number of nitrogens with zero attached hydrogens (tertiary/aromatic N) is 2. The molecule has 2 aromatic carbocycles. The van der Waals surface area contributed by atoms with Gasteiger partial charge in [0.25, 0.3) is 0 Å². The minimum atomic E-state index is -0.994. The quantitative estimate of drug-likeness (QED) is 0.277. The molecule has 0 aliphatic carbocycles. The van der Waals surface area contributed by atoms with Crippen molar-refractivity contribution in [2.24, 2.45) is 5.73 Å². The van der Waals surface area contributed by atoms with E-state index < -0.39 is 41.8 Å². The molecule has 2 heterocycles. The van der Waals surface area contributed by atoms with Crippen LogP contribution in [0.3, 0.4) is 0 Å². The van der Waals surface area contributed by atoms with Gasteiger partial charge in [-0.15, -0.1) is 11.6 Å². The summed E-state index contributed by atoms with van der Waals surface area (Å²) in [6.07, 6.45) is 3.89. The van der Waals surface area contributed by atoms with Crippen LogP contribution in [0.25, 0.3) is 10.9 Å². The van der Waals surface area contributed by atoms with Crippen LogP contribution in [0.2, 0.25) is 0 Å². The number of para-hydroxylation sites is 1.